The van der Waals surface area contributed by atoms with Crippen molar-refractivity contribution in [1.29, 1.82) is 0 Å². The number of carbonyl (C=O) groups is 5. The summed E-state index contributed by atoms with van der Waals surface area (Å²) >= 11 is 1.33. The van der Waals surface area contributed by atoms with Crippen LogP contribution in [0.25, 0.3) is 0 Å². The minimum atomic E-state index is -0.993. The number of rotatable bonds is 13. The molecule has 2 aliphatic rings. The van der Waals surface area contributed by atoms with E-state index in [-0.39, 0.29) is 41.7 Å². The smallest absolute Gasteiger partial charge is 0.268 e. The minimum Gasteiger partial charge on any atom is -0.494 e. The Labute approximate surface area is 286 Å². The molecule has 4 aromatic rings. The maximum absolute atomic E-state index is 13.1. The molecule has 13 heteroatoms. The minimum absolute atomic E-state index is 0.0751. The van der Waals surface area contributed by atoms with E-state index in [9.17, 15) is 24.0 Å². The average molecular weight is 682 g/mol. The molecule has 3 heterocycles. The van der Waals surface area contributed by atoms with E-state index in [1.807, 2.05) is 36.4 Å². The monoisotopic (exact) mass is 681 g/mol. The molecular weight excluding hydrogens is 646 g/mol. The Kier molecular flexibility index (Phi) is 9.45. The van der Waals surface area contributed by atoms with Gasteiger partial charge in [-0.05, 0) is 66.4 Å². The standard InChI is InChI=1S/C36H35N5O7S/c1-36(2,22-6-11-25(12-7-22)48-19-31-39-28(20-49-31)32(37)43)21-4-9-24(10-5-21)47-17-3-16-38-23-8-13-26-27(18-23)35(46)41(34(26)45)29-14-15-30(42)40-33(29)44/h4-13,18,20,29,38H,3,14-17,19H2,1-2H3,(H2,37,43)(H,40,42,44). The molecule has 0 saturated carbocycles. The molecular formula is C36H35N5O7S. The van der Waals surface area contributed by atoms with Crippen molar-refractivity contribution in [3.8, 4) is 11.5 Å². The third-order valence-corrected chi connectivity index (χ3v) is 9.50. The summed E-state index contributed by atoms with van der Waals surface area (Å²) < 4.78 is 11.8. The highest BCUT2D eigenvalue weighted by Gasteiger charge is 2.44. The molecule has 5 amide bonds. The van der Waals surface area contributed by atoms with Gasteiger partial charge in [0.2, 0.25) is 11.8 Å². The summed E-state index contributed by atoms with van der Waals surface area (Å²) in [6, 6.07) is 19.9. The lowest BCUT2D eigenvalue weighted by molar-refractivity contribution is -0.136. The van der Waals surface area contributed by atoms with Gasteiger partial charge < -0.3 is 20.5 Å². The van der Waals surface area contributed by atoms with Crippen molar-refractivity contribution in [2.24, 2.45) is 5.73 Å². The van der Waals surface area contributed by atoms with Gasteiger partial charge in [-0.1, -0.05) is 38.1 Å². The molecule has 1 saturated heterocycles. The number of carbonyl (C=O) groups excluding carboxylic acids is 5. The van der Waals surface area contributed by atoms with Gasteiger partial charge in [-0.3, -0.25) is 34.2 Å². The molecule has 6 rings (SSSR count). The van der Waals surface area contributed by atoms with Crippen LogP contribution in [0.3, 0.4) is 0 Å². The van der Waals surface area contributed by atoms with Gasteiger partial charge in [0.15, 0.2) is 0 Å². The third kappa shape index (κ3) is 7.16. The largest absolute Gasteiger partial charge is 0.494 e. The SMILES string of the molecule is CC(C)(c1ccc(OCCCNc2ccc3c(c2)C(=O)N(C2CCC(=O)NC2=O)C3=O)cc1)c1ccc(OCc2nc(C(N)=O)cs2)cc1. The number of nitrogens with zero attached hydrogens (tertiary/aromatic N) is 2. The lowest BCUT2D eigenvalue weighted by atomic mass is 9.78. The average Bonchev–Trinajstić information content (AvgIpc) is 3.67. The molecule has 49 heavy (non-hydrogen) atoms. The van der Waals surface area contributed by atoms with Gasteiger partial charge in [0.25, 0.3) is 17.7 Å². The Bertz CT molecular complexity index is 1920. The lowest BCUT2D eigenvalue weighted by Crippen LogP contribution is -2.54. The van der Waals surface area contributed by atoms with Crippen molar-refractivity contribution in [2.45, 2.75) is 51.2 Å². The molecule has 1 fully saturated rings. The number of nitrogens with two attached hydrogens (primary N) is 1. The molecule has 252 valence electrons. The number of hydrogen-bond donors (Lipinski definition) is 3. The first kappa shape index (κ1) is 33.3. The highest BCUT2D eigenvalue weighted by molar-refractivity contribution is 7.09. The predicted molar refractivity (Wildman–Crippen MR) is 182 cm³/mol. The number of fused-ring (bicyclic) bond motifs is 1. The Hall–Kier alpha value is -5.56. The van der Waals surface area contributed by atoms with Crippen LogP contribution >= 0.6 is 11.3 Å². The van der Waals surface area contributed by atoms with E-state index >= 15 is 0 Å². The van der Waals surface area contributed by atoms with Crippen molar-refractivity contribution >= 4 is 46.6 Å². The molecule has 0 radical (unpaired) electrons. The zero-order chi connectivity index (χ0) is 34.7. The van der Waals surface area contributed by atoms with Gasteiger partial charge in [0.05, 0.1) is 17.7 Å². The zero-order valence-electron chi connectivity index (χ0n) is 27.0. The van der Waals surface area contributed by atoms with E-state index in [0.29, 0.717) is 36.0 Å². The van der Waals surface area contributed by atoms with Crippen LogP contribution < -0.4 is 25.8 Å². The van der Waals surface area contributed by atoms with Crippen LogP contribution in [-0.2, 0) is 21.6 Å². The Morgan fingerprint density at radius 3 is 2.24 bits per heavy atom. The fourth-order valence-corrected chi connectivity index (χ4v) is 6.51. The van der Waals surface area contributed by atoms with Crippen LogP contribution in [0.1, 0.15) is 80.4 Å². The fourth-order valence-electron chi connectivity index (χ4n) is 5.81. The topological polar surface area (TPSA) is 170 Å². The highest BCUT2D eigenvalue weighted by Crippen LogP contribution is 2.34. The second-order valence-corrected chi connectivity index (χ2v) is 13.2. The van der Waals surface area contributed by atoms with Gasteiger partial charge in [0, 0.05) is 29.4 Å². The molecule has 0 spiro atoms. The van der Waals surface area contributed by atoms with E-state index in [1.54, 1.807) is 23.6 Å². The fraction of sp³-hybridized carbons (Fsp3) is 0.278. The first-order chi connectivity index (χ1) is 23.5. The zero-order valence-corrected chi connectivity index (χ0v) is 27.8. The van der Waals surface area contributed by atoms with Gasteiger partial charge >= 0.3 is 0 Å². The van der Waals surface area contributed by atoms with Crippen molar-refractivity contribution < 1.29 is 33.4 Å². The van der Waals surface area contributed by atoms with E-state index in [2.05, 4.69) is 41.6 Å². The predicted octanol–water partition coefficient (Wildman–Crippen LogP) is 4.43. The Balaban J connectivity index is 0.962. The number of hydrogen-bond acceptors (Lipinski definition) is 10. The molecule has 4 N–H and O–H groups in total. The van der Waals surface area contributed by atoms with Crippen molar-refractivity contribution in [1.82, 2.24) is 15.2 Å². The molecule has 0 bridgehead atoms. The van der Waals surface area contributed by atoms with Crippen LogP contribution in [0.5, 0.6) is 11.5 Å². The third-order valence-electron chi connectivity index (χ3n) is 8.68. The molecule has 2 aliphatic heterocycles. The second kappa shape index (κ2) is 13.9. The number of anilines is 1. The second-order valence-electron chi connectivity index (χ2n) is 12.3. The number of benzene rings is 3. The summed E-state index contributed by atoms with van der Waals surface area (Å²) in [5.74, 6) is -1.22. The van der Waals surface area contributed by atoms with Crippen molar-refractivity contribution in [3.05, 3.63) is 105 Å². The van der Waals surface area contributed by atoms with Gasteiger partial charge in [-0.15, -0.1) is 11.3 Å². The summed E-state index contributed by atoms with van der Waals surface area (Å²) in [4.78, 5) is 66.1. The molecule has 12 nitrogen and oxygen atoms in total. The van der Waals surface area contributed by atoms with Crippen LogP contribution in [0.2, 0.25) is 0 Å². The number of nitrogens with one attached hydrogen (secondary N) is 2. The normalized spacial score (nSPS) is 16.0. The van der Waals surface area contributed by atoms with Crippen LogP contribution in [-0.4, -0.2) is 58.6 Å². The lowest BCUT2D eigenvalue weighted by Gasteiger charge is -2.27. The molecule has 1 aromatic heterocycles. The quantitative estimate of drug-likeness (QED) is 0.137. The first-order valence-corrected chi connectivity index (χ1v) is 16.7. The first-order valence-electron chi connectivity index (χ1n) is 15.8. The van der Waals surface area contributed by atoms with E-state index in [0.717, 1.165) is 21.8 Å². The molecule has 1 atom stereocenters. The number of piperidine rings is 1. The molecule has 3 aromatic carbocycles. The summed E-state index contributed by atoms with van der Waals surface area (Å²) in [6.07, 6.45) is 0.874. The van der Waals surface area contributed by atoms with Crippen molar-refractivity contribution in [2.75, 3.05) is 18.5 Å². The Morgan fingerprint density at radius 2 is 1.61 bits per heavy atom. The van der Waals surface area contributed by atoms with Crippen LogP contribution in [0.4, 0.5) is 5.69 Å². The van der Waals surface area contributed by atoms with Crippen molar-refractivity contribution in [3.63, 3.8) is 0 Å². The molecule has 0 aliphatic carbocycles. The number of aromatic nitrogens is 1. The van der Waals surface area contributed by atoms with Gasteiger partial charge in [-0.2, -0.15) is 0 Å². The highest BCUT2D eigenvalue weighted by atomic mass is 32.1. The maximum atomic E-state index is 13.1. The van der Waals surface area contributed by atoms with E-state index in [1.165, 1.54) is 11.3 Å². The Morgan fingerprint density at radius 1 is 0.959 bits per heavy atom. The summed E-state index contributed by atoms with van der Waals surface area (Å²) in [5, 5.41) is 7.76. The van der Waals surface area contributed by atoms with E-state index < -0.39 is 35.6 Å². The van der Waals surface area contributed by atoms with Crippen LogP contribution in [0, 0.1) is 0 Å². The van der Waals surface area contributed by atoms with Gasteiger partial charge in [0.1, 0.15) is 34.8 Å². The number of imide groups is 2. The summed E-state index contributed by atoms with van der Waals surface area (Å²) in [6.45, 7) is 5.59. The maximum Gasteiger partial charge on any atom is 0.268 e. The number of thiazole rings is 1. The van der Waals surface area contributed by atoms with Gasteiger partial charge in [-0.25, -0.2) is 4.98 Å². The van der Waals surface area contributed by atoms with E-state index in [4.69, 9.17) is 15.2 Å². The number of amides is 5. The summed E-state index contributed by atoms with van der Waals surface area (Å²) in [5.41, 5.74) is 8.63. The molecule has 1 unspecified atom stereocenters. The van der Waals surface area contributed by atoms with Crippen LogP contribution in [0.15, 0.2) is 72.1 Å². The summed E-state index contributed by atoms with van der Waals surface area (Å²) in [7, 11) is 0. The number of primary amides is 1. The number of ether oxygens (including phenoxy) is 2.